The zero-order valence-corrected chi connectivity index (χ0v) is 18.5. The summed E-state index contributed by atoms with van der Waals surface area (Å²) in [5.41, 5.74) is 5.05. The van der Waals surface area contributed by atoms with E-state index in [2.05, 4.69) is 36.0 Å². The van der Waals surface area contributed by atoms with E-state index in [9.17, 15) is 14.7 Å². The van der Waals surface area contributed by atoms with Gasteiger partial charge in [-0.2, -0.15) is 0 Å². The van der Waals surface area contributed by atoms with Gasteiger partial charge in [-0.3, -0.25) is 14.5 Å². The Morgan fingerprint density at radius 3 is 2.72 bits per heavy atom. The normalized spacial score (nSPS) is 17.6. The molecule has 2 aliphatic heterocycles. The Morgan fingerprint density at radius 2 is 2.03 bits per heavy atom. The van der Waals surface area contributed by atoms with E-state index in [0.29, 0.717) is 11.3 Å². The molecule has 0 unspecified atom stereocenters. The number of imide groups is 1. The molecule has 1 atom stereocenters. The van der Waals surface area contributed by atoms with Crippen molar-refractivity contribution < 1.29 is 19.4 Å². The highest BCUT2D eigenvalue weighted by atomic mass is 16.5. The van der Waals surface area contributed by atoms with Crippen LogP contribution in [0.3, 0.4) is 0 Å². The minimum Gasteiger partial charge on any atom is -0.504 e. The van der Waals surface area contributed by atoms with E-state index in [1.807, 2.05) is 18.2 Å². The maximum absolute atomic E-state index is 13.5. The number of rotatable bonds is 3. The van der Waals surface area contributed by atoms with Crippen LogP contribution in [0, 0.1) is 0 Å². The lowest BCUT2D eigenvalue weighted by Crippen LogP contribution is -2.33. The molecule has 2 aliphatic rings. The summed E-state index contributed by atoms with van der Waals surface area (Å²) in [4.78, 5) is 26.9. The first kappa shape index (κ1) is 20.2. The number of aromatic nitrogens is 1. The fraction of sp³-hybridized carbons (Fsp3) is 0.280. The maximum atomic E-state index is 13.5. The summed E-state index contributed by atoms with van der Waals surface area (Å²) in [6.07, 6.45) is 2.10. The summed E-state index contributed by atoms with van der Waals surface area (Å²) < 4.78 is 7.56. The summed E-state index contributed by atoms with van der Waals surface area (Å²) >= 11 is 0. The van der Waals surface area contributed by atoms with Gasteiger partial charge in [0.15, 0.2) is 11.5 Å². The molecule has 0 aliphatic carbocycles. The van der Waals surface area contributed by atoms with Crippen molar-refractivity contribution >= 4 is 28.4 Å². The number of ether oxygens (including phenoxy) is 1. The molecule has 2 amide bonds. The van der Waals surface area contributed by atoms with Crippen LogP contribution in [0.15, 0.2) is 53.9 Å². The molecule has 2 N–H and O–H groups in total. The number of carbonyl (C=O) groups excluding carboxylic acids is 2. The molecule has 7 nitrogen and oxygen atoms in total. The second-order valence-electron chi connectivity index (χ2n) is 8.58. The standard InChI is InChI=1S/C25H25N3O4/c1-13(2)27-11-16-22(15-8-9-20(30)21(10-15)32-4)24-18(12-28(14(3)29)25(24)31)26-17-6-5-7-19(27)23(16)17/h5-11,13,22,26,30H,12H2,1-4H3/t22-/m0/s1. The second kappa shape index (κ2) is 7.15. The van der Waals surface area contributed by atoms with Crippen molar-refractivity contribution in [1.82, 2.24) is 9.47 Å². The molecule has 3 heterocycles. The van der Waals surface area contributed by atoms with E-state index in [0.717, 1.165) is 33.4 Å². The molecule has 0 radical (unpaired) electrons. The van der Waals surface area contributed by atoms with Crippen LogP contribution in [0.25, 0.3) is 10.9 Å². The molecule has 32 heavy (non-hydrogen) atoms. The van der Waals surface area contributed by atoms with Gasteiger partial charge in [0.05, 0.1) is 24.7 Å². The van der Waals surface area contributed by atoms with E-state index in [1.54, 1.807) is 12.1 Å². The number of anilines is 1. The fourth-order valence-electron chi connectivity index (χ4n) is 4.88. The Kier molecular flexibility index (Phi) is 4.51. The molecule has 7 heteroatoms. The van der Waals surface area contributed by atoms with Crippen molar-refractivity contribution in [1.29, 1.82) is 0 Å². The van der Waals surface area contributed by atoms with Crippen molar-refractivity contribution in [2.75, 3.05) is 19.0 Å². The van der Waals surface area contributed by atoms with E-state index in [-0.39, 0.29) is 30.2 Å². The van der Waals surface area contributed by atoms with Crippen molar-refractivity contribution in [3.05, 3.63) is 65.0 Å². The van der Waals surface area contributed by atoms with Crippen LogP contribution in [0.4, 0.5) is 5.69 Å². The molecule has 5 rings (SSSR count). The highest BCUT2D eigenvalue weighted by Gasteiger charge is 2.41. The van der Waals surface area contributed by atoms with Crippen LogP contribution < -0.4 is 10.1 Å². The second-order valence-corrected chi connectivity index (χ2v) is 8.58. The van der Waals surface area contributed by atoms with Crippen LogP contribution in [0.5, 0.6) is 11.5 Å². The molecule has 0 fully saturated rings. The lowest BCUT2D eigenvalue weighted by atomic mass is 9.84. The van der Waals surface area contributed by atoms with Gasteiger partial charge in [-0.15, -0.1) is 0 Å². The zero-order valence-electron chi connectivity index (χ0n) is 18.5. The number of nitrogens with one attached hydrogen (secondary N) is 1. The topological polar surface area (TPSA) is 83.8 Å². The number of benzene rings is 2. The van der Waals surface area contributed by atoms with Gasteiger partial charge in [0.25, 0.3) is 5.91 Å². The lowest BCUT2D eigenvalue weighted by Gasteiger charge is -2.20. The fourth-order valence-corrected chi connectivity index (χ4v) is 4.88. The van der Waals surface area contributed by atoms with Gasteiger partial charge >= 0.3 is 0 Å². The Balaban J connectivity index is 1.83. The number of amides is 2. The van der Waals surface area contributed by atoms with Gasteiger partial charge in [-0.1, -0.05) is 12.1 Å². The third-order valence-electron chi connectivity index (χ3n) is 6.36. The molecular weight excluding hydrogens is 406 g/mol. The predicted octanol–water partition coefficient (Wildman–Crippen LogP) is 4.14. The number of nitrogens with zero attached hydrogens (tertiary/aromatic N) is 2. The van der Waals surface area contributed by atoms with Crippen LogP contribution in [0.1, 0.15) is 43.9 Å². The SMILES string of the molecule is COc1cc([C@@H]2C3=C(CN(C(C)=O)C3=O)Nc3cccc4c3c2cn4C(C)C)ccc1O. The van der Waals surface area contributed by atoms with Gasteiger partial charge in [-0.05, 0) is 49.2 Å². The molecule has 164 valence electrons. The number of hydrogen-bond donors (Lipinski definition) is 2. The Bertz CT molecular complexity index is 1320. The van der Waals surface area contributed by atoms with Crippen molar-refractivity contribution in [2.24, 2.45) is 0 Å². The van der Waals surface area contributed by atoms with Crippen LogP contribution in [-0.4, -0.2) is 40.0 Å². The first-order chi connectivity index (χ1) is 15.3. The first-order valence-corrected chi connectivity index (χ1v) is 10.6. The Hall–Kier alpha value is -3.74. The molecule has 2 aromatic carbocycles. The highest BCUT2D eigenvalue weighted by Crippen LogP contribution is 2.48. The summed E-state index contributed by atoms with van der Waals surface area (Å²) in [6.45, 7) is 5.86. The molecule has 3 aromatic rings. The Labute approximate surface area is 185 Å². The number of phenols is 1. The lowest BCUT2D eigenvalue weighted by molar-refractivity contribution is -0.139. The van der Waals surface area contributed by atoms with Gasteiger partial charge in [0, 0.05) is 41.9 Å². The largest absolute Gasteiger partial charge is 0.504 e. The third kappa shape index (κ3) is 2.81. The van der Waals surface area contributed by atoms with E-state index >= 15 is 0 Å². The van der Waals surface area contributed by atoms with E-state index in [1.165, 1.54) is 18.9 Å². The molecule has 0 saturated heterocycles. The van der Waals surface area contributed by atoms with Crippen LogP contribution >= 0.6 is 0 Å². The monoisotopic (exact) mass is 431 g/mol. The van der Waals surface area contributed by atoms with Gasteiger partial charge < -0.3 is 19.7 Å². The summed E-state index contributed by atoms with van der Waals surface area (Å²) in [6, 6.07) is 11.5. The summed E-state index contributed by atoms with van der Waals surface area (Å²) in [5.74, 6) is -0.635. The number of phenolic OH excluding ortho intramolecular Hbond substituents is 1. The van der Waals surface area contributed by atoms with E-state index in [4.69, 9.17) is 4.74 Å². The minimum atomic E-state index is -0.421. The van der Waals surface area contributed by atoms with Gasteiger partial charge in [0.1, 0.15) is 0 Å². The minimum absolute atomic E-state index is 0.0330. The van der Waals surface area contributed by atoms with Gasteiger partial charge in [-0.25, -0.2) is 0 Å². The number of hydrogen-bond acceptors (Lipinski definition) is 5. The molecule has 1 aromatic heterocycles. The van der Waals surface area contributed by atoms with Crippen molar-refractivity contribution in [2.45, 2.75) is 32.7 Å². The van der Waals surface area contributed by atoms with Gasteiger partial charge in [0.2, 0.25) is 5.91 Å². The maximum Gasteiger partial charge on any atom is 0.259 e. The summed E-state index contributed by atoms with van der Waals surface area (Å²) in [7, 11) is 1.50. The number of aromatic hydroxyl groups is 1. The third-order valence-corrected chi connectivity index (χ3v) is 6.36. The molecular formula is C25H25N3O4. The zero-order chi connectivity index (χ0) is 22.7. The quantitative estimate of drug-likeness (QED) is 0.651. The molecule has 0 saturated carbocycles. The smallest absolute Gasteiger partial charge is 0.259 e. The highest BCUT2D eigenvalue weighted by molar-refractivity contribution is 6.11. The number of methoxy groups -OCH3 is 1. The number of carbonyl (C=O) groups is 2. The van der Waals surface area contributed by atoms with Crippen molar-refractivity contribution in [3.8, 4) is 11.5 Å². The Morgan fingerprint density at radius 1 is 1.25 bits per heavy atom. The van der Waals surface area contributed by atoms with Crippen LogP contribution in [0.2, 0.25) is 0 Å². The average molecular weight is 431 g/mol. The van der Waals surface area contributed by atoms with Crippen LogP contribution in [-0.2, 0) is 9.59 Å². The van der Waals surface area contributed by atoms with Crippen molar-refractivity contribution in [3.63, 3.8) is 0 Å². The summed E-state index contributed by atoms with van der Waals surface area (Å²) in [5, 5.41) is 14.7. The predicted molar refractivity (Wildman–Crippen MR) is 122 cm³/mol. The first-order valence-electron chi connectivity index (χ1n) is 10.6. The average Bonchev–Trinajstić information content (AvgIpc) is 3.25. The van der Waals surface area contributed by atoms with E-state index < -0.39 is 5.92 Å². The molecule has 0 spiro atoms. The molecule has 0 bridgehead atoms.